The van der Waals surface area contributed by atoms with Gasteiger partial charge in [-0.2, -0.15) is 0 Å². The van der Waals surface area contributed by atoms with Gasteiger partial charge in [-0.1, -0.05) is 51.1 Å². The van der Waals surface area contributed by atoms with Crippen molar-refractivity contribution in [3.05, 3.63) is 64.7 Å². The minimum atomic E-state index is -0.807. The van der Waals surface area contributed by atoms with Gasteiger partial charge in [0.05, 0.1) is 18.7 Å². The molecule has 4 rings (SSSR count). The van der Waals surface area contributed by atoms with E-state index in [1.165, 1.54) is 5.56 Å². The monoisotopic (exact) mass is 548 g/mol. The highest BCUT2D eigenvalue weighted by Gasteiger charge is 2.43. The van der Waals surface area contributed by atoms with Crippen molar-refractivity contribution in [3.63, 3.8) is 0 Å². The fourth-order valence-electron chi connectivity index (χ4n) is 5.67. The van der Waals surface area contributed by atoms with Crippen LogP contribution in [-0.2, 0) is 33.8 Å². The number of fused-ring (bicyclic) bond motifs is 2. The summed E-state index contributed by atoms with van der Waals surface area (Å²) in [7, 11) is 1.71. The lowest BCUT2D eigenvalue weighted by atomic mass is 9.83. The third-order valence-electron chi connectivity index (χ3n) is 8.12. The molecule has 2 aliphatic rings. The first-order chi connectivity index (χ1) is 19.0. The summed E-state index contributed by atoms with van der Waals surface area (Å²) in [5.41, 5.74) is 3.82. The van der Waals surface area contributed by atoms with Crippen molar-refractivity contribution < 1.29 is 19.1 Å². The van der Waals surface area contributed by atoms with E-state index < -0.39 is 23.5 Å². The van der Waals surface area contributed by atoms with E-state index in [0.29, 0.717) is 13.0 Å². The number of amides is 3. The Balaban J connectivity index is 1.67. The highest BCUT2D eigenvalue weighted by atomic mass is 16.5. The third kappa shape index (κ3) is 6.49. The van der Waals surface area contributed by atoms with Crippen LogP contribution in [0, 0.1) is 5.41 Å². The van der Waals surface area contributed by atoms with Gasteiger partial charge in [0, 0.05) is 13.0 Å². The van der Waals surface area contributed by atoms with Gasteiger partial charge in [0.2, 0.25) is 17.7 Å². The highest BCUT2D eigenvalue weighted by Crippen LogP contribution is 2.33. The van der Waals surface area contributed by atoms with Crippen LogP contribution in [-0.4, -0.2) is 54.4 Å². The molecule has 1 aliphatic carbocycles. The van der Waals surface area contributed by atoms with Gasteiger partial charge in [0.1, 0.15) is 17.8 Å². The summed E-state index contributed by atoms with van der Waals surface area (Å²) >= 11 is 0. The van der Waals surface area contributed by atoms with Gasteiger partial charge in [0.15, 0.2) is 0 Å². The molecule has 3 N–H and O–H groups in total. The van der Waals surface area contributed by atoms with E-state index in [2.05, 4.69) is 28.1 Å². The summed E-state index contributed by atoms with van der Waals surface area (Å²) in [6, 6.07) is 12.1. The second-order valence-electron chi connectivity index (χ2n) is 12.0. The Hall–Kier alpha value is -3.39. The maximum atomic E-state index is 14.3. The number of carbonyl (C=O) groups excluding carboxylic acids is 3. The fourth-order valence-corrected chi connectivity index (χ4v) is 5.67. The Labute approximate surface area is 238 Å². The second-order valence-corrected chi connectivity index (χ2v) is 12.0. The van der Waals surface area contributed by atoms with E-state index in [-0.39, 0.29) is 30.3 Å². The van der Waals surface area contributed by atoms with Crippen molar-refractivity contribution in [2.45, 2.75) is 91.0 Å². The van der Waals surface area contributed by atoms with E-state index >= 15 is 0 Å². The van der Waals surface area contributed by atoms with Gasteiger partial charge in [0.25, 0.3) is 0 Å². The molecule has 1 aliphatic heterocycles. The number of aryl methyl sites for hydroxylation is 1. The Morgan fingerprint density at radius 1 is 1.07 bits per heavy atom. The first kappa shape index (κ1) is 29.6. The topological polar surface area (TPSA) is 99.8 Å². The number of benzene rings is 2. The maximum absolute atomic E-state index is 14.3. The molecule has 4 atom stereocenters. The molecule has 0 aromatic heterocycles. The molecule has 2 aromatic rings. The highest BCUT2D eigenvalue weighted by molar-refractivity contribution is 5.94. The zero-order valence-electron chi connectivity index (χ0n) is 24.7. The van der Waals surface area contributed by atoms with E-state index in [1.54, 1.807) is 18.9 Å². The minimum Gasteiger partial charge on any atom is -0.494 e. The molecule has 40 heavy (non-hydrogen) atoms. The van der Waals surface area contributed by atoms with E-state index in [9.17, 15) is 14.4 Å². The van der Waals surface area contributed by atoms with Gasteiger partial charge in [-0.15, -0.1) is 0 Å². The van der Waals surface area contributed by atoms with Crippen LogP contribution in [0.1, 0.15) is 75.8 Å². The van der Waals surface area contributed by atoms with Crippen LogP contribution in [0.5, 0.6) is 5.75 Å². The molecule has 216 valence electrons. The first-order valence-electron chi connectivity index (χ1n) is 14.4. The molecule has 0 radical (unpaired) electrons. The van der Waals surface area contributed by atoms with Crippen molar-refractivity contribution in [1.29, 1.82) is 0 Å². The number of rotatable bonds is 8. The van der Waals surface area contributed by atoms with E-state index in [0.717, 1.165) is 41.7 Å². The average Bonchev–Trinajstić information content (AvgIpc) is 2.94. The molecular weight excluding hydrogens is 504 g/mol. The Kier molecular flexibility index (Phi) is 9.19. The van der Waals surface area contributed by atoms with Crippen LogP contribution in [0.25, 0.3) is 0 Å². The molecular formula is C32H44N4O4. The molecule has 2 aromatic carbocycles. The normalized spacial score (nSPS) is 20.0. The lowest BCUT2D eigenvalue weighted by Crippen LogP contribution is -2.62. The van der Waals surface area contributed by atoms with Crippen LogP contribution >= 0.6 is 0 Å². The number of hydrogen-bond donors (Lipinski definition) is 3. The zero-order chi connectivity index (χ0) is 29.0. The van der Waals surface area contributed by atoms with Crippen molar-refractivity contribution in [1.82, 2.24) is 20.9 Å². The summed E-state index contributed by atoms with van der Waals surface area (Å²) in [4.78, 5) is 42.8. The molecule has 0 fully saturated rings. The number of carbonyl (C=O) groups is 3. The summed E-state index contributed by atoms with van der Waals surface area (Å²) in [6.45, 7) is 10.3. The van der Waals surface area contributed by atoms with Gasteiger partial charge in [-0.3, -0.25) is 14.4 Å². The SMILES string of the molecule is CCOc1ccc2c(c1)CN(C(=O)C(NC(=O)C(C)NC)C(C)(C)C)C(C(=O)NC1CCCc3ccccc31)C2. The van der Waals surface area contributed by atoms with Crippen LogP contribution < -0.4 is 20.7 Å². The standard InChI is InChI=1S/C32H44N4O4/c1-7-40-24-16-15-22-18-27(30(38)34-26-14-10-12-21-11-8-9-13-25(21)26)36(19-23(22)17-24)31(39)28(32(3,4)5)35-29(37)20(2)33-6/h8-9,11,13,15-17,20,26-28,33H,7,10,12,14,18-19H2,1-6H3,(H,34,38)(H,35,37). The summed E-state index contributed by atoms with van der Waals surface area (Å²) in [5, 5.41) is 9.19. The van der Waals surface area contributed by atoms with Gasteiger partial charge in [-0.05, 0) is 80.0 Å². The van der Waals surface area contributed by atoms with Gasteiger partial charge in [-0.25, -0.2) is 0 Å². The number of nitrogens with one attached hydrogen (secondary N) is 3. The molecule has 0 spiro atoms. The van der Waals surface area contributed by atoms with Crippen molar-refractivity contribution in [2.24, 2.45) is 5.41 Å². The van der Waals surface area contributed by atoms with Gasteiger partial charge >= 0.3 is 0 Å². The van der Waals surface area contributed by atoms with Crippen molar-refractivity contribution in [3.8, 4) is 5.75 Å². The molecule has 0 bridgehead atoms. The molecule has 0 saturated carbocycles. The van der Waals surface area contributed by atoms with Crippen molar-refractivity contribution >= 4 is 17.7 Å². The second kappa shape index (κ2) is 12.4. The Bertz CT molecular complexity index is 1240. The Morgan fingerprint density at radius 3 is 2.52 bits per heavy atom. The number of nitrogens with zero attached hydrogens (tertiary/aromatic N) is 1. The fraction of sp³-hybridized carbons (Fsp3) is 0.531. The predicted octanol–water partition coefficient (Wildman–Crippen LogP) is 3.67. The lowest BCUT2D eigenvalue weighted by Gasteiger charge is -2.41. The molecule has 1 heterocycles. The summed E-state index contributed by atoms with van der Waals surface area (Å²) in [5.74, 6) is 0.0449. The summed E-state index contributed by atoms with van der Waals surface area (Å²) < 4.78 is 5.72. The quantitative estimate of drug-likeness (QED) is 0.468. The van der Waals surface area contributed by atoms with E-state index in [1.807, 2.05) is 58.0 Å². The van der Waals surface area contributed by atoms with Crippen LogP contribution in [0.3, 0.4) is 0 Å². The first-order valence-corrected chi connectivity index (χ1v) is 14.4. The van der Waals surface area contributed by atoms with Crippen LogP contribution in [0.4, 0.5) is 0 Å². The molecule has 0 saturated heterocycles. The minimum absolute atomic E-state index is 0.0919. The molecule has 8 nitrogen and oxygen atoms in total. The average molecular weight is 549 g/mol. The molecule has 8 heteroatoms. The largest absolute Gasteiger partial charge is 0.494 e. The molecule has 4 unspecified atom stereocenters. The number of likely N-dealkylation sites (N-methyl/N-ethyl adjacent to an activating group) is 1. The molecule has 3 amide bonds. The van der Waals surface area contributed by atoms with E-state index in [4.69, 9.17) is 4.74 Å². The third-order valence-corrected chi connectivity index (χ3v) is 8.12. The smallest absolute Gasteiger partial charge is 0.246 e. The maximum Gasteiger partial charge on any atom is 0.246 e. The summed E-state index contributed by atoms with van der Waals surface area (Å²) in [6.07, 6.45) is 3.26. The van der Waals surface area contributed by atoms with Crippen LogP contribution in [0.2, 0.25) is 0 Å². The Morgan fingerprint density at radius 2 is 1.82 bits per heavy atom. The lowest BCUT2D eigenvalue weighted by molar-refractivity contribution is -0.147. The predicted molar refractivity (Wildman–Crippen MR) is 156 cm³/mol. The van der Waals surface area contributed by atoms with Crippen LogP contribution in [0.15, 0.2) is 42.5 Å². The van der Waals surface area contributed by atoms with Crippen molar-refractivity contribution in [2.75, 3.05) is 13.7 Å². The number of ether oxygens (including phenoxy) is 1. The zero-order valence-corrected chi connectivity index (χ0v) is 24.7. The van der Waals surface area contributed by atoms with Gasteiger partial charge < -0.3 is 25.6 Å². The number of hydrogen-bond acceptors (Lipinski definition) is 5.